The van der Waals surface area contributed by atoms with Gasteiger partial charge in [0.25, 0.3) is 0 Å². The first-order valence-electron chi connectivity index (χ1n) is 4.67. The van der Waals surface area contributed by atoms with Gasteiger partial charge in [-0.15, -0.1) is 0 Å². The Hall–Kier alpha value is -0.760. The molecule has 1 atom stereocenters. The third-order valence-electron chi connectivity index (χ3n) is 2.76. The molecule has 1 aliphatic carbocycles. The molecule has 0 saturated heterocycles. The van der Waals surface area contributed by atoms with Crippen molar-refractivity contribution in [3.8, 4) is 0 Å². The van der Waals surface area contributed by atoms with E-state index < -0.39 is 0 Å². The topological polar surface area (TPSA) is 36.0 Å². The predicted octanol–water partition coefficient (Wildman–Crippen LogP) is 2.24. The van der Waals surface area contributed by atoms with Gasteiger partial charge in [-0.2, -0.15) is 0 Å². The Balaban J connectivity index is 1.87. The van der Waals surface area contributed by atoms with Crippen LogP contribution >= 0.6 is 0 Å². The van der Waals surface area contributed by atoms with Gasteiger partial charge in [0.05, 0.1) is 6.10 Å². The molecule has 1 unspecified atom stereocenters. The van der Waals surface area contributed by atoms with Crippen LogP contribution in [0.2, 0.25) is 0 Å². The molecule has 0 bridgehead atoms. The van der Waals surface area contributed by atoms with Crippen LogP contribution in [0.4, 0.5) is 0 Å². The van der Waals surface area contributed by atoms with Crippen molar-refractivity contribution in [3.63, 3.8) is 0 Å². The van der Waals surface area contributed by atoms with Crippen molar-refractivity contribution in [1.82, 2.24) is 4.98 Å². The van der Waals surface area contributed by atoms with Gasteiger partial charge in [-0.3, -0.25) is 0 Å². The summed E-state index contributed by atoms with van der Waals surface area (Å²) in [6, 6.07) is 3.88. The van der Waals surface area contributed by atoms with Crippen molar-refractivity contribution in [2.45, 2.75) is 31.8 Å². The van der Waals surface area contributed by atoms with E-state index in [9.17, 15) is 5.11 Å². The maximum absolute atomic E-state index is 9.71. The third-order valence-corrected chi connectivity index (χ3v) is 2.76. The van der Waals surface area contributed by atoms with Crippen LogP contribution in [-0.2, 0) is 0 Å². The van der Waals surface area contributed by atoms with Gasteiger partial charge >= 0.3 is 0 Å². The number of aliphatic hydroxyl groups is 1. The van der Waals surface area contributed by atoms with Crippen LogP contribution in [0.15, 0.2) is 18.3 Å². The van der Waals surface area contributed by atoms with Gasteiger partial charge in [-0.25, -0.2) is 0 Å². The summed E-state index contributed by atoms with van der Waals surface area (Å²) >= 11 is 0. The molecular formula is C10H15NO. The lowest BCUT2D eigenvalue weighted by atomic mass is 9.81. The molecule has 1 fully saturated rings. The maximum Gasteiger partial charge on any atom is 0.0940 e. The molecular weight excluding hydrogens is 150 g/mol. The minimum Gasteiger partial charge on any atom is -0.387 e. The summed E-state index contributed by atoms with van der Waals surface area (Å²) in [6.45, 7) is 0. The lowest BCUT2D eigenvalue weighted by Gasteiger charge is -2.27. The molecule has 66 valence electrons. The van der Waals surface area contributed by atoms with E-state index in [1.54, 1.807) is 0 Å². The highest BCUT2D eigenvalue weighted by atomic mass is 16.3. The summed E-state index contributed by atoms with van der Waals surface area (Å²) < 4.78 is 0. The third kappa shape index (κ3) is 1.53. The van der Waals surface area contributed by atoms with E-state index in [0.717, 1.165) is 18.0 Å². The quantitative estimate of drug-likeness (QED) is 0.708. The molecule has 2 nitrogen and oxygen atoms in total. The van der Waals surface area contributed by atoms with Crippen molar-refractivity contribution >= 4 is 0 Å². The standard InChI is InChI=1S/C10H15NO/c12-10(7-8-3-1-4-8)9-5-2-6-11-9/h2,5-6,8,10-12H,1,3-4,7H2. The lowest BCUT2D eigenvalue weighted by Crippen LogP contribution is -2.14. The number of aromatic nitrogens is 1. The van der Waals surface area contributed by atoms with E-state index >= 15 is 0 Å². The molecule has 2 rings (SSSR count). The van der Waals surface area contributed by atoms with E-state index in [4.69, 9.17) is 0 Å². The second-order valence-corrected chi connectivity index (χ2v) is 3.67. The molecule has 1 aromatic rings. The van der Waals surface area contributed by atoms with Gasteiger partial charge in [0.1, 0.15) is 0 Å². The largest absolute Gasteiger partial charge is 0.387 e. The normalized spacial score (nSPS) is 20.4. The average molecular weight is 165 g/mol. The van der Waals surface area contributed by atoms with Crippen molar-refractivity contribution in [1.29, 1.82) is 0 Å². The van der Waals surface area contributed by atoms with E-state index in [1.165, 1.54) is 19.3 Å². The number of aromatic amines is 1. The van der Waals surface area contributed by atoms with Gasteiger partial charge in [-0.05, 0) is 24.5 Å². The van der Waals surface area contributed by atoms with Crippen molar-refractivity contribution < 1.29 is 5.11 Å². The summed E-state index contributed by atoms with van der Waals surface area (Å²) in [6.07, 6.45) is 6.47. The first kappa shape index (κ1) is 7.87. The Labute approximate surface area is 72.6 Å². The van der Waals surface area contributed by atoms with Gasteiger partial charge < -0.3 is 10.1 Å². The van der Waals surface area contributed by atoms with Crippen LogP contribution in [0.3, 0.4) is 0 Å². The lowest BCUT2D eigenvalue weighted by molar-refractivity contribution is 0.115. The second kappa shape index (κ2) is 3.31. The van der Waals surface area contributed by atoms with Gasteiger partial charge in [0.15, 0.2) is 0 Å². The fraction of sp³-hybridized carbons (Fsp3) is 0.600. The summed E-state index contributed by atoms with van der Waals surface area (Å²) in [5, 5.41) is 9.71. The maximum atomic E-state index is 9.71. The summed E-state index contributed by atoms with van der Waals surface area (Å²) in [5.74, 6) is 0.767. The zero-order valence-corrected chi connectivity index (χ0v) is 7.16. The molecule has 0 spiro atoms. The van der Waals surface area contributed by atoms with Crippen molar-refractivity contribution in [2.75, 3.05) is 0 Å². The smallest absolute Gasteiger partial charge is 0.0940 e. The number of H-pyrrole nitrogens is 1. The molecule has 1 aliphatic rings. The zero-order chi connectivity index (χ0) is 8.39. The average Bonchev–Trinajstić information content (AvgIpc) is 2.47. The zero-order valence-electron chi connectivity index (χ0n) is 7.16. The first-order valence-corrected chi connectivity index (χ1v) is 4.67. The van der Waals surface area contributed by atoms with Crippen LogP contribution in [0.5, 0.6) is 0 Å². The summed E-state index contributed by atoms with van der Waals surface area (Å²) in [5.41, 5.74) is 0.960. The molecule has 1 aromatic heterocycles. The molecule has 2 N–H and O–H groups in total. The van der Waals surface area contributed by atoms with E-state index in [1.807, 2.05) is 18.3 Å². The first-order chi connectivity index (χ1) is 5.86. The monoisotopic (exact) mass is 165 g/mol. The molecule has 12 heavy (non-hydrogen) atoms. The summed E-state index contributed by atoms with van der Waals surface area (Å²) in [7, 11) is 0. The van der Waals surface area contributed by atoms with Crippen LogP contribution in [-0.4, -0.2) is 10.1 Å². The minimum atomic E-state index is -0.273. The van der Waals surface area contributed by atoms with Gasteiger partial charge in [0.2, 0.25) is 0 Å². The van der Waals surface area contributed by atoms with Crippen molar-refractivity contribution in [2.24, 2.45) is 5.92 Å². The highest BCUT2D eigenvalue weighted by molar-refractivity contribution is 5.07. The Kier molecular flexibility index (Phi) is 2.17. The number of aliphatic hydroxyl groups excluding tert-OH is 1. The fourth-order valence-electron chi connectivity index (χ4n) is 1.72. The molecule has 1 heterocycles. The van der Waals surface area contributed by atoms with Crippen LogP contribution < -0.4 is 0 Å². The highest BCUT2D eigenvalue weighted by Crippen LogP contribution is 2.34. The Morgan fingerprint density at radius 2 is 2.42 bits per heavy atom. The molecule has 1 saturated carbocycles. The van der Waals surface area contributed by atoms with Crippen LogP contribution in [0.25, 0.3) is 0 Å². The Bertz CT molecular complexity index is 226. The second-order valence-electron chi connectivity index (χ2n) is 3.67. The molecule has 0 amide bonds. The predicted molar refractivity (Wildman–Crippen MR) is 47.7 cm³/mol. The molecule has 0 radical (unpaired) electrons. The Morgan fingerprint density at radius 3 is 2.92 bits per heavy atom. The summed E-state index contributed by atoms with van der Waals surface area (Å²) in [4.78, 5) is 3.04. The fourth-order valence-corrected chi connectivity index (χ4v) is 1.72. The van der Waals surface area contributed by atoms with Crippen LogP contribution in [0, 0.1) is 5.92 Å². The van der Waals surface area contributed by atoms with Gasteiger partial charge in [0, 0.05) is 11.9 Å². The Morgan fingerprint density at radius 1 is 1.58 bits per heavy atom. The molecule has 2 heteroatoms. The number of hydrogen-bond donors (Lipinski definition) is 2. The number of nitrogens with one attached hydrogen (secondary N) is 1. The van der Waals surface area contributed by atoms with Crippen LogP contribution in [0.1, 0.15) is 37.5 Å². The van der Waals surface area contributed by atoms with Crippen molar-refractivity contribution in [3.05, 3.63) is 24.0 Å². The minimum absolute atomic E-state index is 0.273. The van der Waals surface area contributed by atoms with Gasteiger partial charge in [-0.1, -0.05) is 19.3 Å². The van der Waals surface area contributed by atoms with E-state index in [0.29, 0.717) is 0 Å². The van der Waals surface area contributed by atoms with E-state index in [2.05, 4.69) is 4.98 Å². The molecule has 0 aliphatic heterocycles. The highest BCUT2D eigenvalue weighted by Gasteiger charge is 2.21. The number of hydrogen-bond acceptors (Lipinski definition) is 1. The van der Waals surface area contributed by atoms with E-state index in [-0.39, 0.29) is 6.10 Å². The SMILES string of the molecule is OC(CC1CCC1)c1ccc[nH]1. The number of rotatable bonds is 3. The molecule has 0 aromatic carbocycles.